The molecule has 0 aliphatic heterocycles. The molecule has 0 aliphatic rings. The molecule has 0 bridgehead atoms. The largest absolute Gasteiger partial charge is 0.325 e. The fraction of sp³-hybridized carbons (Fsp3) is 0.0870. The van der Waals surface area contributed by atoms with Gasteiger partial charge in [-0.1, -0.05) is 60.7 Å². The lowest BCUT2D eigenvalue weighted by atomic mass is 9.90. The number of amides is 2. The lowest BCUT2D eigenvalue weighted by Crippen LogP contribution is -2.22. The zero-order valence-electron chi connectivity index (χ0n) is 15.1. The molecule has 0 saturated carbocycles. The van der Waals surface area contributed by atoms with E-state index in [9.17, 15) is 9.59 Å². The van der Waals surface area contributed by atoms with E-state index in [1.54, 1.807) is 30.3 Å². The van der Waals surface area contributed by atoms with Gasteiger partial charge >= 0.3 is 0 Å². The summed E-state index contributed by atoms with van der Waals surface area (Å²) in [4.78, 5) is 24.5. The van der Waals surface area contributed by atoms with E-state index in [1.165, 1.54) is 0 Å². The minimum Gasteiger partial charge on any atom is -0.325 e. The first-order chi connectivity index (χ1) is 13.7. The van der Waals surface area contributed by atoms with E-state index in [0.29, 0.717) is 11.4 Å². The van der Waals surface area contributed by atoms with Crippen LogP contribution in [0.15, 0.2) is 84.9 Å². The van der Waals surface area contributed by atoms with Gasteiger partial charge in [-0.3, -0.25) is 9.59 Å². The van der Waals surface area contributed by atoms with Crippen LogP contribution in [0.1, 0.15) is 23.5 Å². The Morgan fingerprint density at radius 2 is 1.21 bits per heavy atom. The van der Waals surface area contributed by atoms with Crippen LogP contribution >= 0.6 is 0 Å². The highest BCUT2D eigenvalue weighted by molar-refractivity contribution is 5.98. The standard InChI is InChI=1S/C23H19N3O2/c24-16-15-21(27)25-19-11-13-20(14-12-19)26-23(28)22(17-7-3-1-4-8-17)18-9-5-2-6-10-18/h1-14,22H,15H2,(H,25,27)(H,26,28). The number of nitrogens with zero attached hydrogens (tertiary/aromatic N) is 1. The Labute approximate surface area is 163 Å². The maximum Gasteiger partial charge on any atom is 0.238 e. The van der Waals surface area contributed by atoms with Gasteiger partial charge in [-0.2, -0.15) is 5.26 Å². The van der Waals surface area contributed by atoms with Gasteiger partial charge in [0.15, 0.2) is 0 Å². The topological polar surface area (TPSA) is 82.0 Å². The molecule has 138 valence electrons. The van der Waals surface area contributed by atoms with Crippen LogP contribution in [0.3, 0.4) is 0 Å². The molecule has 0 atom stereocenters. The molecule has 0 spiro atoms. The lowest BCUT2D eigenvalue weighted by molar-refractivity contribution is -0.117. The Hall–Kier alpha value is -3.91. The van der Waals surface area contributed by atoms with Crippen molar-refractivity contribution in [2.45, 2.75) is 12.3 Å². The molecule has 0 radical (unpaired) electrons. The summed E-state index contributed by atoms with van der Waals surface area (Å²) in [6.45, 7) is 0. The van der Waals surface area contributed by atoms with Crippen LogP contribution in [-0.4, -0.2) is 11.8 Å². The Kier molecular flexibility index (Phi) is 6.17. The minimum atomic E-state index is -0.433. The number of hydrogen-bond donors (Lipinski definition) is 2. The molecule has 2 amide bonds. The van der Waals surface area contributed by atoms with Gasteiger partial charge in [-0.05, 0) is 35.4 Å². The molecule has 2 N–H and O–H groups in total. The van der Waals surface area contributed by atoms with E-state index in [-0.39, 0.29) is 18.2 Å². The number of nitrogens with one attached hydrogen (secondary N) is 2. The summed E-state index contributed by atoms with van der Waals surface area (Å²) in [6, 6.07) is 27.8. The van der Waals surface area contributed by atoms with Crippen molar-refractivity contribution in [3.05, 3.63) is 96.1 Å². The van der Waals surface area contributed by atoms with E-state index in [0.717, 1.165) is 11.1 Å². The number of rotatable bonds is 6. The Balaban J connectivity index is 1.77. The maximum absolute atomic E-state index is 13.0. The molecular weight excluding hydrogens is 350 g/mol. The third-order valence-corrected chi connectivity index (χ3v) is 4.20. The van der Waals surface area contributed by atoms with Crippen molar-refractivity contribution >= 4 is 23.2 Å². The number of carbonyl (C=O) groups is 2. The Morgan fingerprint density at radius 3 is 1.68 bits per heavy atom. The summed E-state index contributed by atoms with van der Waals surface area (Å²) < 4.78 is 0. The van der Waals surface area contributed by atoms with Crippen LogP contribution < -0.4 is 10.6 Å². The smallest absolute Gasteiger partial charge is 0.238 e. The van der Waals surface area contributed by atoms with Gasteiger partial charge in [-0.25, -0.2) is 0 Å². The zero-order valence-corrected chi connectivity index (χ0v) is 15.1. The Morgan fingerprint density at radius 1 is 0.750 bits per heavy atom. The normalized spacial score (nSPS) is 10.1. The quantitative estimate of drug-likeness (QED) is 0.679. The second-order valence-electron chi connectivity index (χ2n) is 6.20. The molecule has 28 heavy (non-hydrogen) atoms. The van der Waals surface area contributed by atoms with Crippen molar-refractivity contribution in [1.82, 2.24) is 0 Å². The third kappa shape index (κ3) is 4.83. The van der Waals surface area contributed by atoms with Crippen LogP contribution in [-0.2, 0) is 9.59 Å². The average molecular weight is 369 g/mol. The van der Waals surface area contributed by atoms with E-state index >= 15 is 0 Å². The predicted octanol–water partition coefficient (Wildman–Crippen LogP) is 4.31. The van der Waals surface area contributed by atoms with Crippen LogP contribution in [0, 0.1) is 11.3 Å². The molecule has 0 aromatic heterocycles. The molecule has 3 aromatic rings. The highest BCUT2D eigenvalue weighted by Crippen LogP contribution is 2.26. The fourth-order valence-corrected chi connectivity index (χ4v) is 2.91. The number of anilines is 2. The van der Waals surface area contributed by atoms with Crippen LogP contribution in [0.4, 0.5) is 11.4 Å². The van der Waals surface area contributed by atoms with Gasteiger partial charge in [0.25, 0.3) is 0 Å². The van der Waals surface area contributed by atoms with Crippen LogP contribution in [0.25, 0.3) is 0 Å². The summed E-state index contributed by atoms with van der Waals surface area (Å²) in [5, 5.41) is 14.1. The van der Waals surface area contributed by atoms with E-state index in [4.69, 9.17) is 5.26 Å². The van der Waals surface area contributed by atoms with Crippen molar-refractivity contribution < 1.29 is 9.59 Å². The first kappa shape index (κ1) is 18.9. The number of hydrogen-bond acceptors (Lipinski definition) is 3. The first-order valence-corrected chi connectivity index (χ1v) is 8.85. The SMILES string of the molecule is N#CCC(=O)Nc1ccc(NC(=O)C(c2ccccc2)c2ccccc2)cc1. The van der Waals surface area contributed by atoms with E-state index < -0.39 is 5.92 Å². The molecule has 5 nitrogen and oxygen atoms in total. The summed E-state index contributed by atoms with van der Waals surface area (Å²) >= 11 is 0. The van der Waals surface area contributed by atoms with Gasteiger partial charge in [0.2, 0.25) is 11.8 Å². The number of benzene rings is 3. The van der Waals surface area contributed by atoms with E-state index in [1.807, 2.05) is 60.7 Å². The molecular formula is C23H19N3O2. The summed E-state index contributed by atoms with van der Waals surface area (Å²) in [5.41, 5.74) is 3.01. The Bertz CT molecular complexity index is 938. The van der Waals surface area contributed by atoms with Gasteiger partial charge in [0.05, 0.1) is 12.0 Å². The molecule has 0 heterocycles. The van der Waals surface area contributed by atoms with Gasteiger partial charge in [0.1, 0.15) is 6.42 Å². The molecule has 5 heteroatoms. The second kappa shape index (κ2) is 9.15. The second-order valence-corrected chi connectivity index (χ2v) is 6.20. The first-order valence-electron chi connectivity index (χ1n) is 8.85. The highest BCUT2D eigenvalue weighted by Gasteiger charge is 2.22. The predicted molar refractivity (Wildman–Crippen MR) is 109 cm³/mol. The van der Waals surface area contributed by atoms with Crippen molar-refractivity contribution in [1.29, 1.82) is 5.26 Å². The molecule has 0 fully saturated rings. The van der Waals surface area contributed by atoms with Crippen molar-refractivity contribution in [2.75, 3.05) is 10.6 Å². The lowest BCUT2D eigenvalue weighted by Gasteiger charge is -2.18. The number of carbonyl (C=O) groups excluding carboxylic acids is 2. The average Bonchev–Trinajstić information content (AvgIpc) is 2.71. The summed E-state index contributed by atoms with van der Waals surface area (Å²) in [7, 11) is 0. The van der Waals surface area contributed by atoms with Crippen LogP contribution in [0.2, 0.25) is 0 Å². The summed E-state index contributed by atoms with van der Waals surface area (Å²) in [6.07, 6.45) is -0.200. The maximum atomic E-state index is 13.0. The third-order valence-electron chi connectivity index (χ3n) is 4.20. The van der Waals surface area contributed by atoms with E-state index in [2.05, 4.69) is 10.6 Å². The molecule has 0 saturated heterocycles. The van der Waals surface area contributed by atoms with Gasteiger partial charge < -0.3 is 10.6 Å². The highest BCUT2D eigenvalue weighted by atomic mass is 16.2. The summed E-state index contributed by atoms with van der Waals surface area (Å²) in [5.74, 6) is -0.941. The number of nitriles is 1. The molecule has 0 unspecified atom stereocenters. The molecule has 0 aliphatic carbocycles. The van der Waals surface area contributed by atoms with Gasteiger partial charge in [-0.15, -0.1) is 0 Å². The monoisotopic (exact) mass is 369 g/mol. The fourth-order valence-electron chi connectivity index (χ4n) is 2.91. The van der Waals surface area contributed by atoms with Gasteiger partial charge in [0, 0.05) is 11.4 Å². The molecule has 3 aromatic carbocycles. The molecule has 3 rings (SSSR count). The van der Waals surface area contributed by atoms with Crippen molar-refractivity contribution in [3.8, 4) is 6.07 Å². The zero-order chi connectivity index (χ0) is 19.8. The van der Waals surface area contributed by atoms with Crippen molar-refractivity contribution in [2.24, 2.45) is 0 Å². The minimum absolute atomic E-state index is 0.140. The van der Waals surface area contributed by atoms with Crippen LogP contribution in [0.5, 0.6) is 0 Å². The van der Waals surface area contributed by atoms with Crippen molar-refractivity contribution in [3.63, 3.8) is 0 Å².